The van der Waals surface area contributed by atoms with E-state index in [4.69, 9.17) is 0 Å². The molecule has 18 heavy (non-hydrogen) atoms. The topological polar surface area (TPSA) is 41.1 Å². The number of carbonyl (C=O) groups is 1. The molecule has 0 spiro atoms. The minimum atomic E-state index is 0.0590. The normalized spacial score (nSPS) is 16.1. The van der Waals surface area contributed by atoms with Crippen LogP contribution in [-0.2, 0) is 11.2 Å². The van der Waals surface area contributed by atoms with Crippen molar-refractivity contribution >= 4 is 11.6 Å². The minimum Gasteiger partial charge on any atom is -0.382 e. The van der Waals surface area contributed by atoms with Gasteiger partial charge in [-0.05, 0) is 36.8 Å². The lowest BCUT2D eigenvalue weighted by atomic mass is 10.1. The molecule has 98 valence electrons. The maximum absolute atomic E-state index is 11.5. The molecule has 0 heterocycles. The highest BCUT2D eigenvalue weighted by atomic mass is 16.1. The largest absolute Gasteiger partial charge is 0.382 e. The van der Waals surface area contributed by atoms with Crippen molar-refractivity contribution in [2.24, 2.45) is 5.92 Å². The van der Waals surface area contributed by atoms with E-state index in [-0.39, 0.29) is 5.91 Å². The Morgan fingerprint density at radius 1 is 1.39 bits per heavy atom. The molecule has 1 aromatic carbocycles. The fraction of sp³-hybridized carbons (Fsp3) is 0.533. The zero-order chi connectivity index (χ0) is 13.0. The summed E-state index contributed by atoms with van der Waals surface area (Å²) in [5.74, 6) is 0.881. The van der Waals surface area contributed by atoms with Crippen molar-refractivity contribution in [3.8, 4) is 0 Å². The molecule has 0 radical (unpaired) electrons. The van der Waals surface area contributed by atoms with Gasteiger partial charge in [-0.25, -0.2) is 0 Å². The van der Waals surface area contributed by atoms with Gasteiger partial charge in [0.25, 0.3) is 0 Å². The molecule has 3 heteroatoms. The molecule has 0 aromatic heterocycles. The zero-order valence-corrected chi connectivity index (χ0v) is 11.2. The average Bonchev–Trinajstić information content (AvgIpc) is 3.22. The lowest BCUT2D eigenvalue weighted by molar-refractivity contribution is -0.119. The van der Waals surface area contributed by atoms with Gasteiger partial charge in [-0.3, -0.25) is 4.79 Å². The van der Waals surface area contributed by atoms with Gasteiger partial charge in [0.15, 0.2) is 0 Å². The third kappa shape index (κ3) is 3.25. The van der Waals surface area contributed by atoms with Crippen molar-refractivity contribution in [3.63, 3.8) is 0 Å². The number of likely N-dealkylation sites (N-methyl/N-ethyl adjacent to an activating group) is 1. The first-order valence-electron chi connectivity index (χ1n) is 6.79. The van der Waals surface area contributed by atoms with E-state index in [0.717, 1.165) is 23.6 Å². The van der Waals surface area contributed by atoms with Gasteiger partial charge in [-0.2, -0.15) is 0 Å². The number of hydrogen-bond acceptors (Lipinski definition) is 2. The summed E-state index contributed by atoms with van der Waals surface area (Å²) in [6.07, 6.45) is 4.26. The van der Waals surface area contributed by atoms with Crippen LogP contribution in [0.5, 0.6) is 0 Å². The summed E-state index contributed by atoms with van der Waals surface area (Å²) in [4.78, 5) is 11.5. The van der Waals surface area contributed by atoms with E-state index in [1.165, 1.54) is 12.8 Å². The van der Waals surface area contributed by atoms with Gasteiger partial charge in [0.05, 0.1) is 6.42 Å². The first-order valence-corrected chi connectivity index (χ1v) is 6.79. The lowest BCUT2D eigenvalue weighted by Crippen LogP contribution is -2.24. The molecule has 0 saturated heterocycles. The van der Waals surface area contributed by atoms with Crippen LogP contribution in [0.4, 0.5) is 5.69 Å². The quantitative estimate of drug-likeness (QED) is 0.810. The Bertz CT molecular complexity index is 413. The Hall–Kier alpha value is -1.51. The van der Waals surface area contributed by atoms with E-state index < -0.39 is 0 Å². The Morgan fingerprint density at radius 3 is 2.72 bits per heavy atom. The van der Waals surface area contributed by atoms with Crippen LogP contribution in [0.15, 0.2) is 24.3 Å². The van der Waals surface area contributed by atoms with Crippen molar-refractivity contribution in [2.75, 3.05) is 12.4 Å². The van der Waals surface area contributed by atoms with E-state index >= 15 is 0 Å². The highest BCUT2D eigenvalue weighted by Crippen LogP contribution is 2.36. The molecule has 1 fully saturated rings. The molecule has 1 unspecified atom stereocenters. The molecule has 1 saturated carbocycles. The standard InChI is InChI=1S/C15H22N2O/c1-3-13(11-8-9-11)17-14-7-5-4-6-12(14)10-15(18)16-2/h4-7,11,13,17H,3,8-10H2,1-2H3,(H,16,18). The molecule has 1 aliphatic rings. The molecular weight excluding hydrogens is 224 g/mol. The molecule has 1 aliphatic carbocycles. The highest BCUT2D eigenvalue weighted by Gasteiger charge is 2.30. The Labute approximate surface area is 109 Å². The van der Waals surface area contributed by atoms with Crippen LogP contribution in [0.2, 0.25) is 0 Å². The fourth-order valence-corrected chi connectivity index (χ4v) is 2.33. The number of nitrogens with one attached hydrogen (secondary N) is 2. The van der Waals surface area contributed by atoms with Crippen LogP contribution in [-0.4, -0.2) is 19.0 Å². The summed E-state index contributed by atoms with van der Waals surface area (Å²) in [6, 6.07) is 8.66. The second kappa shape index (κ2) is 5.89. The number of anilines is 1. The van der Waals surface area contributed by atoms with E-state index in [0.29, 0.717) is 12.5 Å². The Balaban J connectivity index is 2.08. The predicted octanol–water partition coefficient (Wildman–Crippen LogP) is 2.58. The van der Waals surface area contributed by atoms with E-state index in [2.05, 4.69) is 23.6 Å². The maximum atomic E-state index is 11.5. The SMILES string of the molecule is CCC(Nc1ccccc1CC(=O)NC)C1CC1. The van der Waals surface area contributed by atoms with E-state index in [1.54, 1.807) is 7.05 Å². The molecule has 0 aliphatic heterocycles. The summed E-state index contributed by atoms with van der Waals surface area (Å²) in [5, 5.41) is 6.29. The van der Waals surface area contributed by atoms with Crippen molar-refractivity contribution in [1.29, 1.82) is 0 Å². The summed E-state index contributed by atoms with van der Waals surface area (Å²) in [7, 11) is 1.68. The summed E-state index contributed by atoms with van der Waals surface area (Å²) < 4.78 is 0. The van der Waals surface area contributed by atoms with Gasteiger partial charge in [-0.1, -0.05) is 25.1 Å². The molecule has 1 aromatic rings. The van der Waals surface area contributed by atoms with Gasteiger partial charge in [0.2, 0.25) is 5.91 Å². The fourth-order valence-electron chi connectivity index (χ4n) is 2.33. The number of amides is 1. The van der Waals surface area contributed by atoms with Crippen LogP contribution in [0, 0.1) is 5.92 Å². The zero-order valence-electron chi connectivity index (χ0n) is 11.2. The van der Waals surface area contributed by atoms with Crippen LogP contribution >= 0.6 is 0 Å². The van der Waals surface area contributed by atoms with Gasteiger partial charge in [0.1, 0.15) is 0 Å². The van der Waals surface area contributed by atoms with E-state index in [9.17, 15) is 4.79 Å². The van der Waals surface area contributed by atoms with Crippen LogP contribution in [0.3, 0.4) is 0 Å². The van der Waals surface area contributed by atoms with Crippen molar-refractivity contribution < 1.29 is 4.79 Å². The average molecular weight is 246 g/mol. The van der Waals surface area contributed by atoms with Crippen LogP contribution in [0.25, 0.3) is 0 Å². The van der Waals surface area contributed by atoms with Crippen LogP contribution in [0.1, 0.15) is 31.7 Å². The van der Waals surface area contributed by atoms with Gasteiger partial charge < -0.3 is 10.6 Å². The Kier molecular flexibility index (Phi) is 4.24. The van der Waals surface area contributed by atoms with Gasteiger partial charge >= 0.3 is 0 Å². The molecule has 3 nitrogen and oxygen atoms in total. The van der Waals surface area contributed by atoms with E-state index in [1.807, 2.05) is 18.2 Å². The first kappa shape index (κ1) is 12.9. The molecule has 1 atom stereocenters. The second-order valence-corrected chi connectivity index (χ2v) is 5.00. The van der Waals surface area contributed by atoms with Gasteiger partial charge in [0, 0.05) is 18.8 Å². The smallest absolute Gasteiger partial charge is 0.224 e. The number of hydrogen-bond donors (Lipinski definition) is 2. The highest BCUT2D eigenvalue weighted by molar-refractivity contribution is 5.80. The monoisotopic (exact) mass is 246 g/mol. The summed E-state index contributed by atoms with van der Waals surface area (Å²) >= 11 is 0. The minimum absolute atomic E-state index is 0.0590. The number of benzene rings is 1. The number of rotatable bonds is 6. The first-order chi connectivity index (χ1) is 8.74. The second-order valence-electron chi connectivity index (χ2n) is 5.00. The number of carbonyl (C=O) groups excluding carboxylic acids is 1. The van der Waals surface area contributed by atoms with Crippen LogP contribution < -0.4 is 10.6 Å². The molecule has 2 N–H and O–H groups in total. The van der Waals surface area contributed by atoms with Gasteiger partial charge in [-0.15, -0.1) is 0 Å². The molecule has 0 bridgehead atoms. The third-order valence-electron chi connectivity index (χ3n) is 3.62. The van der Waals surface area contributed by atoms with Crippen molar-refractivity contribution in [1.82, 2.24) is 5.32 Å². The number of para-hydroxylation sites is 1. The molecule has 1 amide bonds. The van der Waals surface area contributed by atoms with Crippen molar-refractivity contribution in [3.05, 3.63) is 29.8 Å². The maximum Gasteiger partial charge on any atom is 0.224 e. The summed E-state index contributed by atoms with van der Waals surface area (Å²) in [5.41, 5.74) is 2.19. The summed E-state index contributed by atoms with van der Waals surface area (Å²) in [6.45, 7) is 2.22. The predicted molar refractivity (Wildman–Crippen MR) is 74.6 cm³/mol. The van der Waals surface area contributed by atoms with Crippen molar-refractivity contribution in [2.45, 2.75) is 38.6 Å². The lowest BCUT2D eigenvalue weighted by Gasteiger charge is -2.20. The molecule has 2 rings (SSSR count). The molecular formula is C15H22N2O. The Morgan fingerprint density at radius 2 is 2.11 bits per heavy atom. The third-order valence-corrected chi connectivity index (χ3v) is 3.62.